The maximum absolute atomic E-state index is 14.8. The van der Waals surface area contributed by atoms with Crippen LogP contribution in [-0.2, 0) is 25.7 Å². The number of pyridine rings is 1. The van der Waals surface area contributed by atoms with Crippen molar-refractivity contribution in [3.8, 4) is 11.1 Å². The summed E-state index contributed by atoms with van der Waals surface area (Å²) in [5.41, 5.74) is 3.18. The Kier molecular flexibility index (Phi) is 8.72. The highest BCUT2D eigenvalue weighted by Crippen LogP contribution is 2.38. The van der Waals surface area contributed by atoms with E-state index in [1.807, 2.05) is 24.3 Å². The van der Waals surface area contributed by atoms with Crippen molar-refractivity contribution in [2.75, 3.05) is 11.2 Å². The van der Waals surface area contributed by atoms with Gasteiger partial charge in [-0.1, -0.05) is 24.3 Å². The number of sulfone groups is 1. The molecule has 5 rings (SSSR count). The fourth-order valence-electron chi connectivity index (χ4n) is 5.12. The smallest absolute Gasteiger partial charge is 0.261 e. The zero-order chi connectivity index (χ0) is 32.7. The maximum atomic E-state index is 14.8. The molecule has 0 spiro atoms. The first-order chi connectivity index (χ1) is 21.2. The van der Waals surface area contributed by atoms with Crippen LogP contribution in [0.5, 0.6) is 0 Å². The van der Waals surface area contributed by atoms with Gasteiger partial charge in [0, 0.05) is 40.1 Å². The highest BCUT2D eigenvalue weighted by atomic mass is 32.2. The molecule has 0 aliphatic carbocycles. The minimum absolute atomic E-state index is 0.00467. The van der Waals surface area contributed by atoms with E-state index in [9.17, 15) is 30.8 Å². The number of nitrogens with zero attached hydrogens (tertiary/aromatic N) is 2. The first-order valence-electron chi connectivity index (χ1n) is 13.9. The summed E-state index contributed by atoms with van der Waals surface area (Å²) < 4.78 is 75.8. The first-order valence-corrected chi connectivity index (χ1v) is 16.8. The van der Waals surface area contributed by atoms with Gasteiger partial charge in [0.25, 0.3) is 5.91 Å². The fraction of sp³-hybridized carbons (Fsp3) is 0.176. The highest BCUT2D eigenvalue weighted by molar-refractivity contribution is 7.91. The van der Waals surface area contributed by atoms with Crippen molar-refractivity contribution < 1.29 is 30.8 Å². The van der Waals surface area contributed by atoms with E-state index in [1.165, 1.54) is 35.4 Å². The summed E-state index contributed by atoms with van der Waals surface area (Å²) in [7, 11) is -3.49. The van der Waals surface area contributed by atoms with Gasteiger partial charge in [-0.3, -0.25) is 14.0 Å². The number of benzene rings is 4. The van der Waals surface area contributed by atoms with Crippen molar-refractivity contribution in [1.29, 1.82) is 0 Å². The lowest BCUT2D eigenvalue weighted by Gasteiger charge is -2.31. The number of aromatic nitrogens is 1. The fourth-order valence-corrected chi connectivity index (χ4v) is 6.02. The predicted octanol–water partition coefficient (Wildman–Crippen LogP) is 7.11. The molecule has 5 aromatic rings. The van der Waals surface area contributed by atoms with E-state index in [0.29, 0.717) is 39.5 Å². The quantitative estimate of drug-likeness (QED) is 0.166. The number of hydrogen-bond donors (Lipinski definition) is 0. The Balaban J connectivity index is 1.66. The molecule has 0 aliphatic rings. The van der Waals surface area contributed by atoms with E-state index < -0.39 is 49.2 Å². The number of fused-ring (bicyclic) bond motifs is 1. The van der Waals surface area contributed by atoms with Gasteiger partial charge in [0.2, 0.25) is 0 Å². The number of carbonyl (C=O) groups is 1. The molecule has 2 unspecified atom stereocenters. The molecule has 1 amide bonds. The van der Waals surface area contributed by atoms with E-state index in [-0.39, 0.29) is 10.5 Å². The molecule has 45 heavy (non-hydrogen) atoms. The standard InChI is InChI=1S/C34H30F2N2O5S2/c1-21(38(27-11-13-28(14-12-27)44(40)41)33(39)29-15-10-26(35)20-31(29)36)22-7-5-8-23(17-22)30-19-25(34(2,3)45(4,42)43)18-24-9-6-16-37-32(24)30/h5-21H,1-4H3,(H,40,41)/p-1. The van der Waals surface area contributed by atoms with Crippen LogP contribution in [0, 0.1) is 11.6 Å². The van der Waals surface area contributed by atoms with Crippen molar-refractivity contribution in [1.82, 2.24) is 4.98 Å². The van der Waals surface area contributed by atoms with Crippen LogP contribution < -0.4 is 4.90 Å². The molecule has 0 saturated carbocycles. The molecule has 232 valence electrons. The number of halogens is 2. The average molecular weight is 648 g/mol. The van der Waals surface area contributed by atoms with Crippen molar-refractivity contribution in [2.45, 2.75) is 36.5 Å². The first kappa shape index (κ1) is 32.1. The van der Waals surface area contributed by atoms with E-state index in [2.05, 4.69) is 4.98 Å². The summed E-state index contributed by atoms with van der Waals surface area (Å²) >= 11 is -2.50. The average Bonchev–Trinajstić information content (AvgIpc) is 3.00. The molecule has 1 heterocycles. The van der Waals surface area contributed by atoms with Crippen LogP contribution in [0.2, 0.25) is 0 Å². The third-order valence-electron chi connectivity index (χ3n) is 8.08. The van der Waals surface area contributed by atoms with Gasteiger partial charge in [-0.15, -0.1) is 0 Å². The van der Waals surface area contributed by atoms with E-state index >= 15 is 0 Å². The Morgan fingerprint density at radius 3 is 2.31 bits per heavy atom. The van der Waals surface area contributed by atoms with Crippen LogP contribution >= 0.6 is 0 Å². The van der Waals surface area contributed by atoms with Crippen LogP contribution in [-0.4, -0.2) is 34.3 Å². The van der Waals surface area contributed by atoms with Crippen LogP contribution in [0.1, 0.15) is 48.3 Å². The Labute approximate surface area is 262 Å². The lowest BCUT2D eigenvalue weighted by atomic mass is 9.92. The number of rotatable bonds is 8. The van der Waals surface area contributed by atoms with Crippen molar-refractivity contribution in [3.05, 3.63) is 126 Å². The molecule has 1 aromatic heterocycles. The van der Waals surface area contributed by atoms with Gasteiger partial charge in [0.1, 0.15) is 11.6 Å². The second kappa shape index (κ2) is 12.2. The topological polar surface area (TPSA) is 107 Å². The van der Waals surface area contributed by atoms with Gasteiger partial charge >= 0.3 is 0 Å². The molecule has 4 aromatic carbocycles. The minimum Gasteiger partial charge on any atom is -0.768 e. The van der Waals surface area contributed by atoms with E-state index in [4.69, 9.17) is 0 Å². The third kappa shape index (κ3) is 6.28. The van der Waals surface area contributed by atoms with Gasteiger partial charge in [-0.25, -0.2) is 17.2 Å². The molecule has 0 N–H and O–H groups in total. The largest absolute Gasteiger partial charge is 0.768 e. The molecule has 7 nitrogen and oxygen atoms in total. The summed E-state index contributed by atoms with van der Waals surface area (Å²) in [4.78, 5) is 19.8. The molecule has 0 bridgehead atoms. The molecular weight excluding hydrogens is 619 g/mol. The zero-order valence-electron chi connectivity index (χ0n) is 24.8. The number of anilines is 1. The molecule has 0 aliphatic heterocycles. The number of hydrogen-bond acceptors (Lipinski definition) is 6. The van der Waals surface area contributed by atoms with Crippen molar-refractivity contribution in [2.24, 2.45) is 0 Å². The monoisotopic (exact) mass is 647 g/mol. The molecule has 0 fully saturated rings. The number of amides is 1. The predicted molar refractivity (Wildman–Crippen MR) is 170 cm³/mol. The zero-order valence-corrected chi connectivity index (χ0v) is 26.5. The van der Waals surface area contributed by atoms with E-state index in [1.54, 1.807) is 51.2 Å². The summed E-state index contributed by atoms with van der Waals surface area (Å²) in [6.07, 6.45) is 2.84. The summed E-state index contributed by atoms with van der Waals surface area (Å²) in [5.74, 6) is -2.63. The molecular formula is C34H29F2N2O5S2-. The second-order valence-corrected chi connectivity index (χ2v) is 14.7. The summed E-state index contributed by atoms with van der Waals surface area (Å²) in [5, 5.41) is 0.750. The van der Waals surface area contributed by atoms with Gasteiger partial charge in [0.05, 0.1) is 21.9 Å². The van der Waals surface area contributed by atoms with Crippen molar-refractivity contribution >= 4 is 43.4 Å². The van der Waals surface area contributed by atoms with Gasteiger partial charge in [-0.2, -0.15) is 0 Å². The van der Waals surface area contributed by atoms with E-state index in [0.717, 1.165) is 17.5 Å². The SMILES string of the molecule is CC(c1cccc(-c2cc(C(C)(C)S(C)(=O)=O)cc3cccnc23)c1)N(C(=O)c1ccc(F)cc1F)c1ccc(S(=O)[O-])cc1. The number of carbonyl (C=O) groups excluding carboxylic acids is 1. The second-order valence-electron chi connectivity index (χ2n) is 11.2. The van der Waals surface area contributed by atoms with Crippen LogP contribution in [0.25, 0.3) is 22.0 Å². The summed E-state index contributed by atoms with van der Waals surface area (Å²) in [6.45, 7) is 5.03. The van der Waals surface area contributed by atoms with Gasteiger partial charge in [0.15, 0.2) is 9.84 Å². The lowest BCUT2D eigenvalue weighted by Crippen LogP contribution is -2.34. The Bertz CT molecular complexity index is 2070. The lowest BCUT2D eigenvalue weighted by molar-refractivity contribution is 0.0974. The molecule has 0 radical (unpaired) electrons. The Hall–Kier alpha value is -4.32. The minimum atomic E-state index is -3.49. The maximum Gasteiger partial charge on any atom is 0.261 e. The normalized spacial score (nSPS) is 13.4. The Morgan fingerprint density at radius 1 is 0.956 bits per heavy atom. The van der Waals surface area contributed by atoms with Crippen molar-refractivity contribution in [3.63, 3.8) is 0 Å². The molecule has 0 saturated heterocycles. The molecule has 2 atom stereocenters. The van der Waals surface area contributed by atoms with Gasteiger partial charge < -0.3 is 9.45 Å². The van der Waals surface area contributed by atoms with Crippen LogP contribution in [0.3, 0.4) is 0 Å². The summed E-state index contributed by atoms with van der Waals surface area (Å²) in [6, 6.07) is 22.0. The molecule has 11 heteroatoms. The highest BCUT2D eigenvalue weighted by Gasteiger charge is 2.33. The van der Waals surface area contributed by atoms with Crippen LogP contribution in [0.4, 0.5) is 14.5 Å². The van der Waals surface area contributed by atoms with Gasteiger partial charge in [-0.05, 0) is 109 Å². The third-order valence-corrected chi connectivity index (χ3v) is 10.8. The van der Waals surface area contributed by atoms with Crippen LogP contribution in [0.15, 0.2) is 102 Å². The Morgan fingerprint density at radius 2 is 1.67 bits per heavy atom.